The first-order valence-electron chi connectivity index (χ1n) is 9.97. The van der Waals surface area contributed by atoms with E-state index >= 15 is 0 Å². The number of aliphatic hydroxyl groups excluding tert-OH is 1. The number of benzene rings is 1. The molecule has 0 saturated carbocycles. The summed E-state index contributed by atoms with van der Waals surface area (Å²) in [5.41, 5.74) is 3.85. The smallest absolute Gasteiger partial charge is 0.191 e. The number of aromatic nitrogens is 1. The molecule has 3 rings (SSSR count). The first kappa shape index (κ1) is 20.8. The first-order valence-corrected chi connectivity index (χ1v) is 10.8. The van der Waals surface area contributed by atoms with Gasteiger partial charge in [0.25, 0.3) is 0 Å². The molecule has 2 heterocycles. The van der Waals surface area contributed by atoms with Crippen LogP contribution in [0.1, 0.15) is 33.6 Å². The van der Waals surface area contributed by atoms with Gasteiger partial charge >= 0.3 is 0 Å². The lowest BCUT2D eigenvalue weighted by atomic mass is 10.00. The van der Waals surface area contributed by atoms with Crippen LogP contribution in [0.15, 0.2) is 29.3 Å². The predicted octanol–water partition coefficient (Wildman–Crippen LogP) is 2.23. The van der Waals surface area contributed by atoms with E-state index in [4.69, 9.17) is 0 Å². The SMILES string of the molecule is CCNC(=NCc1sc(C)nc1C)NCC(O)CN1CCc2ccccc2C1. The van der Waals surface area contributed by atoms with Crippen molar-refractivity contribution in [3.63, 3.8) is 0 Å². The highest BCUT2D eigenvalue weighted by atomic mass is 32.1. The Balaban J connectivity index is 1.49. The van der Waals surface area contributed by atoms with Gasteiger partial charge in [-0.15, -0.1) is 11.3 Å². The van der Waals surface area contributed by atoms with Crippen LogP contribution in [0.25, 0.3) is 0 Å². The van der Waals surface area contributed by atoms with E-state index in [1.165, 1.54) is 16.0 Å². The third-order valence-corrected chi connectivity index (χ3v) is 5.97. The molecule has 0 saturated heterocycles. The van der Waals surface area contributed by atoms with Crippen molar-refractivity contribution in [1.82, 2.24) is 20.5 Å². The van der Waals surface area contributed by atoms with Crippen molar-refractivity contribution in [2.24, 2.45) is 4.99 Å². The molecule has 1 aliphatic rings. The molecule has 7 heteroatoms. The zero-order valence-electron chi connectivity index (χ0n) is 17.0. The predicted molar refractivity (Wildman–Crippen MR) is 116 cm³/mol. The van der Waals surface area contributed by atoms with Gasteiger partial charge in [0, 0.05) is 37.6 Å². The Kier molecular flexibility index (Phi) is 7.42. The quantitative estimate of drug-likeness (QED) is 0.490. The molecule has 0 fully saturated rings. The Bertz CT molecular complexity index is 804. The molecule has 0 radical (unpaired) electrons. The summed E-state index contributed by atoms with van der Waals surface area (Å²) in [6, 6.07) is 8.58. The summed E-state index contributed by atoms with van der Waals surface area (Å²) in [7, 11) is 0. The topological polar surface area (TPSA) is 72.8 Å². The normalized spacial score (nSPS) is 15.9. The van der Waals surface area contributed by atoms with E-state index in [0.29, 0.717) is 19.6 Å². The number of nitrogens with one attached hydrogen (secondary N) is 2. The minimum atomic E-state index is -0.443. The van der Waals surface area contributed by atoms with Crippen LogP contribution in [0.5, 0.6) is 0 Å². The zero-order valence-corrected chi connectivity index (χ0v) is 17.9. The van der Waals surface area contributed by atoms with E-state index in [-0.39, 0.29) is 0 Å². The molecule has 28 heavy (non-hydrogen) atoms. The second-order valence-electron chi connectivity index (χ2n) is 7.23. The Hall–Kier alpha value is -1.96. The Labute approximate surface area is 171 Å². The molecule has 1 aromatic carbocycles. The van der Waals surface area contributed by atoms with Gasteiger partial charge in [-0.3, -0.25) is 4.90 Å². The second kappa shape index (κ2) is 10.0. The van der Waals surface area contributed by atoms with Gasteiger partial charge in [-0.1, -0.05) is 24.3 Å². The molecule has 0 aliphatic carbocycles. The molecule has 3 N–H and O–H groups in total. The van der Waals surface area contributed by atoms with Crippen LogP contribution in [0.4, 0.5) is 0 Å². The van der Waals surface area contributed by atoms with Crippen LogP contribution in [0.3, 0.4) is 0 Å². The molecule has 1 unspecified atom stereocenters. The third-order valence-electron chi connectivity index (χ3n) is 4.91. The van der Waals surface area contributed by atoms with E-state index < -0.39 is 6.10 Å². The average Bonchev–Trinajstić information content (AvgIpc) is 3.01. The van der Waals surface area contributed by atoms with E-state index in [9.17, 15) is 5.11 Å². The number of aryl methyl sites for hydroxylation is 2. The molecule has 0 bridgehead atoms. The molecular formula is C21H31N5OS. The molecule has 0 spiro atoms. The van der Waals surface area contributed by atoms with Crippen LogP contribution >= 0.6 is 11.3 Å². The fourth-order valence-electron chi connectivity index (χ4n) is 3.50. The Morgan fingerprint density at radius 1 is 1.29 bits per heavy atom. The van der Waals surface area contributed by atoms with Crippen LogP contribution in [-0.4, -0.2) is 53.2 Å². The molecule has 1 atom stereocenters. The van der Waals surface area contributed by atoms with Crippen LogP contribution in [0, 0.1) is 13.8 Å². The van der Waals surface area contributed by atoms with Crippen LogP contribution in [0.2, 0.25) is 0 Å². The van der Waals surface area contributed by atoms with Crippen LogP contribution in [-0.2, 0) is 19.5 Å². The summed E-state index contributed by atoms with van der Waals surface area (Å²) in [5, 5.41) is 18.1. The number of aliphatic imine (C=N–C) groups is 1. The van der Waals surface area contributed by atoms with Gasteiger partial charge in [-0.05, 0) is 38.3 Å². The minimum Gasteiger partial charge on any atom is -0.390 e. The number of nitrogens with zero attached hydrogens (tertiary/aromatic N) is 3. The molecule has 1 aliphatic heterocycles. The summed E-state index contributed by atoms with van der Waals surface area (Å²) in [6.45, 7) is 10.5. The lowest BCUT2D eigenvalue weighted by Crippen LogP contribution is -2.45. The minimum absolute atomic E-state index is 0.443. The number of rotatable bonds is 7. The van der Waals surface area contributed by atoms with Gasteiger partial charge in [0.2, 0.25) is 0 Å². The standard InChI is InChI=1S/C21H31N5OS/c1-4-22-21(24-12-20-15(2)25-16(3)28-20)23-11-19(27)14-26-10-9-17-7-5-6-8-18(17)13-26/h5-8,19,27H,4,9-14H2,1-3H3,(H2,22,23,24). The maximum atomic E-state index is 10.5. The number of β-amino-alcohol motifs (C(OH)–C–C–N with tert-alkyl or cyclic N) is 1. The number of guanidine groups is 1. The van der Waals surface area contributed by atoms with Gasteiger partial charge < -0.3 is 15.7 Å². The van der Waals surface area contributed by atoms with E-state index in [0.717, 1.165) is 42.7 Å². The average molecular weight is 402 g/mol. The van der Waals surface area contributed by atoms with E-state index in [2.05, 4.69) is 49.8 Å². The highest BCUT2D eigenvalue weighted by molar-refractivity contribution is 7.11. The summed E-state index contributed by atoms with van der Waals surface area (Å²) in [6.07, 6.45) is 0.607. The lowest BCUT2D eigenvalue weighted by Gasteiger charge is -2.30. The second-order valence-corrected chi connectivity index (χ2v) is 8.51. The zero-order chi connectivity index (χ0) is 19.9. The van der Waals surface area contributed by atoms with Gasteiger partial charge in [-0.25, -0.2) is 9.98 Å². The Morgan fingerprint density at radius 2 is 2.07 bits per heavy atom. The fraction of sp³-hybridized carbons (Fsp3) is 0.524. The maximum absolute atomic E-state index is 10.5. The van der Waals surface area contributed by atoms with Crippen molar-refractivity contribution in [2.45, 2.75) is 46.4 Å². The molecule has 1 aromatic heterocycles. The van der Waals surface area contributed by atoms with E-state index in [1.807, 2.05) is 20.8 Å². The molecule has 6 nitrogen and oxygen atoms in total. The van der Waals surface area contributed by atoms with E-state index in [1.54, 1.807) is 11.3 Å². The maximum Gasteiger partial charge on any atom is 0.191 e. The molecule has 0 amide bonds. The van der Waals surface area contributed by atoms with Gasteiger partial charge in [0.05, 0.1) is 23.4 Å². The molecule has 152 valence electrons. The lowest BCUT2D eigenvalue weighted by molar-refractivity contribution is 0.108. The highest BCUT2D eigenvalue weighted by Crippen LogP contribution is 2.19. The first-order chi connectivity index (χ1) is 13.5. The number of thiazole rings is 1. The molecule has 2 aromatic rings. The van der Waals surface area contributed by atoms with Gasteiger partial charge in [0.1, 0.15) is 0 Å². The Morgan fingerprint density at radius 3 is 2.79 bits per heavy atom. The van der Waals surface area contributed by atoms with Crippen LogP contribution < -0.4 is 10.6 Å². The monoisotopic (exact) mass is 401 g/mol. The summed E-state index contributed by atoms with van der Waals surface area (Å²) in [5.74, 6) is 0.732. The van der Waals surface area contributed by atoms with Crippen molar-refractivity contribution in [3.05, 3.63) is 51.0 Å². The van der Waals surface area contributed by atoms with Gasteiger partial charge in [-0.2, -0.15) is 0 Å². The number of hydrogen-bond acceptors (Lipinski definition) is 5. The van der Waals surface area contributed by atoms with Gasteiger partial charge in [0.15, 0.2) is 5.96 Å². The van der Waals surface area contributed by atoms with Crippen molar-refractivity contribution >= 4 is 17.3 Å². The van der Waals surface area contributed by atoms with Crippen molar-refractivity contribution < 1.29 is 5.11 Å². The van der Waals surface area contributed by atoms with Crippen molar-refractivity contribution in [3.8, 4) is 0 Å². The summed E-state index contributed by atoms with van der Waals surface area (Å²) >= 11 is 1.69. The largest absolute Gasteiger partial charge is 0.390 e. The highest BCUT2D eigenvalue weighted by Gasteiger charge is 2.18. The summed E-state index contributed by atoms with van der Waals surface area (Å²) < 4.78 is 0. The van der Waals surface area contributed by atoms with Crippen molar-refractivity contribution in [2.75, 3.05) is 26.2 Å². The van der Waals surface area contributed by atoms with Crippen molar-refractivity contribution in [1.29, 1.82) is 0 Å². The number of hydrogen-bond donors (Lipinski definition) is 3. The summed E-state index contributed by atoms with van der Waals surface area (Å²) in [4.78, 5) is 12.6. The third kappa shape index (κ3) is 5.77. The fourth-order valence-corrected chi connectivity index (χ4v) is 4.36. The molecular weight excluding hydrogens is 370 g/mol. The number of aliphatic hydroxyl groups is 1. The number of fused-ring (bicyclic) bond motifs is 1.